The summed E-state index contributed by atoms with van der Waals surface area (Å²) in [5.74, 6) is 2.63. The van der Waals surface area contributed by atoms with Gasteiger partial charge >= 0.3 is 0 Å². The van der Waals surface area contributed by atoms with E-state index in [2.05, 4.69) is 20.8 Å². The molecule has 1 aliphatic carbocycles. The van der Waals surface area contributed by atoms with Gasteiger partial charge in [-0.2, -0.15) is 5.92 Å². The van der Waals surface area contributed by atoms with Crippen LogP contribution in [0.1, 0.15) is 20.3 Å². The van der Waals surface area contributed by atoms with Gasteiger partial charge in [-0.05, 0) is 5.92 Å². The van der Waals surface area contributed by atoms with Crippen LogP contribution in [0.25, 0.3) is 0 Å². The van der Waals surface area contributed by atoms with E-state index >= 15 is 0 Å². The standard InChI is InChI=1S/C7H13/c1-5(2)7-4-6(7)3/h5-7H,3-4H2,1-2H3/q-1. The Bertz CT molecular complexity index is 64.4. The third kappa shape index (κ3) is 0.960. The summed E-state index contributed by atoms with van der Waals surface area (Å²) in [6, 6.07) is 0. The van der Waals surface area contributed by atoms with E-state index in [0.29, 0.717) is 0 Å². The Labute approximate surface area is 45.9 Å². The minimum absolute atomic E-state index is 0.792. The number of hydrogen-bond donors (Lipinski definition) is 0. The van der Waals surface area contributed by atoms with Crippen molar-refractivity contribution in [3.8, 4) is 0 Å². The Morgan fingerprint density at radius 2 is 2.00 bits per heavy atom. The van der Waals surface area contributed by atoms with Gasteiger partial charge < -0.3 is 6.92 Å². The van der Waals surface area contributed by atoms with E-state index in [0.717, 1.165) is 17.8 Å². The van der Waals surface area contributed by atoms with Gasteiger partial charge in [0.1, 0.15) is 0 Å². The number of rotatable bonds is 1. The van der Waals surface area contributed by atoms with Gasteiger partial charge in [-0.15, -0.1) is 0 Å². The molecule has 0 bridgehead atoms. The average Bonchev–Trinajstić information content (AvgIpc) is 2.17. The van der Waals surface area contributed by atoms with E-state index in [-0.39, 0.29) is 0 Å². The Morgan fingerprint density at radius 1 is 1.57 bits per heavy atom. The highest BCUT2D eigenvalue weighted by molar-refractivity contribution is 4.89. The molecule has 0 aromatic carbocycles. The third-order valence-electron chi connectivity index (χ3n) is 1.83. The summed E-state index contributed by atoms with van der Waals surface area (Å²) in [4.78, 5) is 0. The van der Waals surface area contributed by atoms with Crippen molar-refractivity contribution in [3.63, 3.8) is 0 Å². The van der Waals surface area contributed by atoms with Crippen molar-refractivity contribution in [2.45, 2.75) is 20.3 Å². The molecule has 0 heteroatoms. The Balaban J connectivity index is 2.20. The molecule has 0 aromatic heterocycles. The van der Waals surface area contributed by atoms with Crippen LogP contribution in [0.3, 0.4) is 0 Å². The van der Waals surface area contributed by atoms with Crippen LogP contribution in [0.5, 0.6) is 0 Å². The van der Waals surface area contributed by atoms with E-state index in [9.17, 15) is 0 Å². The molecule has 0 nitrogen and oxygen atoms in total. The highest BCUT2D eigenvalue weighted by Gasteiger charge is 2.28. The van der Waals surface area contributed by atoms with Gasteiger partial charge in [0, 0.05) is 0 Å². The van der Waals surface area contributed by atoms with Crippen LogP contribution >= 0.6 is 0 Å². The molecule has 0 spiro atoms. The molecule has 1 fully saturated rings. The predicted molar refractivity (Wildman–Crippen MR) is 31.8 cm³/mol. The van der Waals surface area contributed by atoms with Crippen LogP contribution in [0.15, 0.2) is 0 Å². The van der Waals surface area contributed by atoms with Crippen molar-refractivity contribution in [3.05, 3.63) is 6.92 Å². The second-order valence-corrected chi connectivity index (χ2v) is 2.90. The molecule has 0 amide bonds. The molecule has 0 N–H and O–H groups in total. The van der Waals surface area contributed by atoms with Gasteiger partial charge in [-0.3, -0.25) is 0 Å². The summed E-state index contributed by atoms with van der Waals surface area (Å²) >= 11 is 0. The molecule has 1 aliphatic rings. The average molecular weight is 97.2 g/mol. The lowest BCUT2D eigenvalue weighted by Gasteiger charge is -2.00. The summed E-state index contributed by atoms with van der Waals surface area (Å²) in [5.41, 5.74) is 0. The van der Waals surface area contributed by atoms with Gasteiger partial charge in [-0.1, -0.05) is 26.2 Å². The van der Waals surface area contributed by atoms with Crippen LogP contribution in [0.2, 0.25) is 0 Å². The molecule has 7 heavy (non-hydrogen) atoms. The molecule has 0 heterocycles. The van der Waals surface area contributed by atoms with E-state index < -0.39 is 0 Å². The summed E-state index contributed by atoms with van der Waals surface area (Å²) in [5, 5.41) is 0. The largest absolute Gasteiger partial charge is 0.340 e. The zero-order valence-electron chi connectivity index (χ0n) is 5.15. The fourth-order valence-electron chi connectivity index (χ4n) is 1.09. The lowest BCUT2D eigenvalue weighted by molar-refractivity contribution is 0.542. The van der Waals surface area contributed by atoms with Gasteiger partial charge in [-0.25, -0.2) is 0 Å². The van der Waals surface area contributed by atoms with E-state index in [1.165, 1.54) is 6.42 Å². The molecule has 1 rings (SSSR count). The van der Waals surface area contributed by atoms with Gasteiger partial charge in [0.2, 0.25) is 0 Å². The molecule has 0 aliphatic heterocycles. The summed E-state index contributed by atoms with van der Waals surface area (Å²) in [6.07, 6.45) is 1.37. The minimum atomic E-state index is 0.792. The Kier molecular flexibility index (Phi) is 1.10. The SMILES string of the molecule is [CH2-]C1CC1C(C)C. The van der Waals surface area contributed by atoms with E-state index in [1.807, 2.05) is 0 Å². The molecule has 2 unspecified atom stereocenters. The zero-order chi connectivity index (χ0) is 5.44. The fourth-order valence-corrected chi connectivity index (χ4v) is 1.09. The monoisotopic (exact) mass is 97.1 g/mol. The van der Waals surface area contributed by atoms with Crippen LogP contribution in [-0.4, -0.2) is 0 Å². The first-order valence-corrected chi connectivity index (χ1v) is 3.05. The van der Waals surface area contributed by atoms with Crippen LogP contribution < -0.4 is 0 Å². The predicted octanol–water partition coefficient (Wildman–Crippen LogP) is 2.11. The molecule has 42 valence electrons. The maximum absolute atomic E-state index is 3.95. The van der Waals surface area contributed by atoms with Gasteiger partial charge in [0.05, 0.1) is 0 Å². The lowest BCUT2D eigenvalue weighted by atomic mass is 10.1. The maximum Gasteiger partial charge on any atom is -0.0466 e. The first-order valence-electron chi connectivity index (χ1n) is 3.05. The smallest absolute Gasteiger partial charge is 0.0466 e. The van der Waals surface area contributed by atoms with Crippen molar-refractivity contribution >= 4 is 0 Å². The maximum atomic E-state index is 3.95. The summed E-state index contributed by atoms with van der Waals surface area (Å²) < 4.78 is 0. The van der Waals surface area contributed by atoms with Gasteiger partial charge in [0.25, 0.3) is 0 Å². The highest BCUT2D eigenvalue weighted by atomic mass is 14.4. The van der Waals surface area contributed by atoms with Crippen LogP contribution in [0.4, 0.5) is 0 Å². The topological polar surface area (TPSA) is 0 Å². The Hall–Kier alpha value is 0. The van der Waals surface area contributed by atoms with Crippen LogP contribution in [-0.2, 0) is 0 Å². The highest BCUT2D eigenvalue weighted by Crippen LogP contribution is 2.42. The second kappa shape index (κ2) is 1.50. The minimum Gasteiger partial charge on any atom is -0.340 e. The van der Waals surface area contributed by atoms with Crippen LogP contribution in [0, 0.1) is 24.7 Å². The normalized spacial score (nSPS) is 39.4. The van der Waals surface area contributed by atoms with Crippen molar-refractivity contribution in [1.29, 1.82) is 0 Å². The molecule has 0 aromatic rings. The molecular weight excluding hydrogens is 84.1 g/mol. The first kappa shape index (κ1) is 5.14. The summed E-state index contributed by atoms with van der Waals surface area (Å²) in [7, 11) is 0. The van der Waals surface area contributed by atoms with Crippen molar-refractivity contribution in [2.75, 3.05) is 0 Å². The molecular formula is C7H13-. The molecule has 1 saturated carbocycles. The quantitative estimate of drug-likeness (QED) is 0.439. The van der Waals surface area contributed by atoms with Gasteiger partial charge in [0.15, 0.2) is 0 Å². The molecule has 0 saturated heterocycles. The second-order valence-electron chi connectivity index (χ2n) is 2.90. The fraction of sp³-hybridized carbons (Fsp3) is 0.857. The third-order valence-corrected chi connectivity index (χ3v) is 1.83. The zero-order valence-corrected chi connectivity index (χ0v) is 5.15. The summed E-state index contributed by atoms with van der Waals surface area (Å²) in [6.45, 7) is 8.50. The van der Waals surface area contributed by atoms with E-state index in [1.54, 1.807) is 0 Å². The van der Waals surface area contributed by atoms with Crippen molar-refractivity contribution < 1.29 is 0 Å². The van der Waals surface area contributed by atoms with Crippen molar-refractivity contribution in [2.24, 2.45) is 17.8 Å². The van der Waals surface area contributed by atoms with E-state index in [4.69, 9.17) is 0 Å². The Morgan fingerprint density at radius 3 is 2.00 bits per heavy atom. The molecule has 2 atom stereocenters. The van der Waals surface area contributed by atoms with Crippen molar-refractivity contribution in [1.82, 2.24) is 0 Å². The lowest BCUT2D eigenvalue weighted by Crippen LogP contribution is -1.89. The number of hydrogen-bond acceptors (Lipinski definition) is 0. The first-order chi connectivity index (χ1) is 3.22. The molecule has 0 radical (unpaired) electrons.